The van der Waals surface area contributed by atoms with Crippen LogP contribution in [0.4, 0.5) is 11.4 Å². The molecule has 0 aliphatic heterocycles. The molecule has 4 heteroatoms. The first-order valence-corrected chi connectivity index (χ1v) is 15.3. The number of anilines is 2. The first-order chi connectivity index (χ1) is 20.3. The zero-order valence-electron chi connectivity index (χ0n) is 22.0. The van der Waals surface area contributed by atoms with E-state index in [4.69, 9.17) is 4.98 Å². The van der Waals surface area contributed by atoms with E-state index >= 15 is 0 Å². The first-order valence-electron chi connectivity index (χ1n) is 13.6. The molecule has 0 saturated heterocycles. The van der Waals surface area contributed by atoms with Crippen LogP contribution in [-0.2, 0) is 0 Å². The number of benzene rings is 6. The van der Waals surface area contributed by atoms with Crippen LogP contribution in [0.3, 0.4) is 0 Å². The summed E-state index contributed by atoms with van der Waals surface area (Å²) in [5.41, 5.74) is 9.25. The van der Waals surface area contributed by atoms with Gasteiger partial charge >= 0.3 is 0 Å². The Morgan fingerprint density at radius 2 is 1.15 bits per heavy atom. The monoisotopic (exact) mass is 560 g/mol. The molecule has 0 aliphatic carbocycles. The maximum absolute atomic E-state index is 4.97. The molecular weight excluding hydrogens is 537 g/mol. The molecular formula is C37H24N2S2. The molecule has 6 aromatic carbocycles. The minimum atomic E-state index is 1.07. The van der Waals surface area contributed by atoms with Gasteiger partial charge in [-0.25, -0.2) is 4.98 Å². The fourth-order valence-electron chi connectivity index (χ4n) is 5.49. The van der Waals surface area contributed by atoms with Crippen molar-refractivity contribution in [3.05, 3.63) is 140 Å². The Kier molecular flexibility index (Phi) is 5.87. The summed E-state index contributed by atoms with van der Waals surface area (Å²) in [4.78, 5) is 4.97. The average molecular weight is 561 g/mol. The molecule has 0 fully saturated rings. The maximum Gasteiger partial charge on any atom is 0.124 e. The summed E-state index contributed by atoms with van der Waals surface area (Å²) in [5.74, 6) is 0. The van der Waals surface area contributed by atoms with E-state index in [2.05, 4.69) is 133 Å². The van der Waals surface area contributed by atoms with Crippen molar-refractivity contribution in [3.63, 3.8) is 0 Å². The van der Waals surface area contributed by atoms with Crippen molar-refractivity contribution in [1.29, 1.82) is 0 Å². The number of nitrogens with zero attached hydrogens (tertiary/aromatic N) is 1. The van der Waals surface area contributed by atoms with Crippen LogP contribution < -0.4 is 5.32 Å². The highest BCUT2D eigenvalue weighted by molar-refractivity contribution is 7.26. The van der Waals surface area contributed by atoms with E-state index in [1.807, 2.05) is 23.5 Å². The van der Waals surface area contributed by atoms with Gasteiger partial charge in [0.2, 0.25) is 0 Å². The van der Waals surface area contributed by atoms with E-state index in [1.165, 1.54) is 52.7 Å². The zero-order chi connectivity index (χ0) is 27.2. The number of aromatic nitrogens is 1. The molecule has 0 spiro atoms. The summed E-state index contributed by atoms with van der Waals surface area (Å²) in [6, 6.07) is 49.6. The molecule has 2 aromatic heterocycles. The van der Waals surface area contributed by atoms with E-state index in [0.29, 0.717) is 0 Å². The number of para-hydroxylation sites is 1. The first kappa shape index (κ1) is 24.1. The number of nitrogens with one attached hydrogen (secondary N) is 1. The highest BCUT2D eigenvalue weighted by atomic mass is 32.1. The smallest absolute Gasteiger partial charge is 0.124 e. The quantitative estimate of drug-likeness (QED) is 0.226. The number of thiazole rings is 1. The lowest BCUT2D eigenvalue weighted by molar-refractivity contribution is 1.48. The second-order valence-corrected chi connectivity index (χ2v) is 12.2. The van der Waals surface area contributed by atoms with Crippen molar-refractivity contribution in [2.24, 2.45) is 0 Å². The van der Waals surface area contributed by atoms with E-state index in [-0.39, 0.29) is 0 Å². The van der Waals surface area contributed by atoms with Crippen molar-refractivity contribution in [1.82, 2.24) is 4.98 Å². The van der Waals surface area contributed by atoms with Crippen molar-refractivity contribution in [2.75, 3.05) is 5.32 Å². The third-order valence-electron chi connectivity index (χ3n) is 7.48. The highest BCUT2D eigenvalue weighted by Gasteiger charge is 2.14. The maximum atomic E-state index is 4.97. The summed E-state index contributed by atoms with van der Waals surface area (Å²) in [6.45, 7) is 0. The average Bonchev–Trinajstić information content (AvgIpc) is 3.61. The normalized spacial score (nSPS) is 11.4. The topological polar surface area (TPSA) is 24.9 Å². The number of hydrogen-bond donors (Lipinski definition) is 1. The number of fused-ring (bicyclic) bond motifs is 4. The van der Waals surface area contributed by atoms with Gasteiger partial charge in [-0.1, -0.05) is 91.0 Å². The molecule has 2 heterocycles. The van der Waals surface area contributed by atoms with Crippen LogP contribution >= 0.6 is 22.7 Å². The van der Waals surface area contributed by atoms with Crippen molar-refractivity contribution in [2.45, 2.75) is 0 Å². The summed E-state index contributed by atoms with van der Waals surface area (Å²) >= 11 is 3.61. The van der Waals surface area contributed by atoms with E-state index in [0.717, 1.165) is 21.9 Å². The number of thiophene rings is 1. The van der Waals surface area contributed by atoms with Gasteiger partial charge in [0.1, 0.15) is 5.01 Å². The van der Waals surface area contributed by atoms with Gasteiger partial charge < -0.3 is 5.32 Å². The van der Waals surface area contributed by atoms with Gasteiger partial charge in [-0.05, 0) is 70.8 Å². The van der Waals surface area contributed by atoms with Gasteiger partial charge in [0, 0.05) is 37.1 Å². The van der Waals surface area contributed by atoms with Crippen LogP contribution in [0, 0.1) is 0 Å². The standard InChI is InChI=1S/C37H24N2S2/c1-4-10-24(11-5-1)30-21-28(38-27-14-8-3-9-15-27)17-18-29(30)26-16-19-34-31(20-26)32-22-36-33(23-35(32)40-34)39-37(41-36)25-12-6-2-7-13-25/h1-23,38H. The highest BCUT2D eigenvalue weighted by Crippen LogP contribution is 2.42. The summed E-state index contributed by atoms with van der Waals surface area (Å²) in [7, 11) is 0. The fraction of sp³-hybridized carbons (Fsp3) is 0. The Hall–Kier alpha value is -4.77. The molecule has 8 rings (SSSR count). The third-order valence-corrected chi connectivity index (χ3v) is 9.68. The lowest BCUT2D eigenvalue weighted by Gasteiger charge is -2.14. The molecule has 0 saturated carbocycles. The Labute approximate surface area is 246 Å². The van der Waals surface area contributed by atoms with E-state index < -0.39 is 0 Å². The van der Waals surface area contributed by atoms with Crippen molar-refractivity contribution in [3.8, 4) is 32.8 Å². The lowest BCUT2D eigenvalue weighted by Crippen LogP contribution is -1.92. The molecule has 194 valence electrons. The van der Waals surface area contributed by atoms with Gasteiger partial charge in [0.15, 0.2) is 0 Å². The molecule has 0 amide bonds. The Morgan fingerprint density at radius 3 is 1.93 bits per heavy atom. The van der Waals surface area contributed by atoms with Gasteiger partial charge in [0.05, 0.1) is 10.2 Å². The van der Waals surface area contributed by atoms with Gasteiger partial charge in [-0.2, -0.15) is 0 Å². The van der Waals surface area contributed by atoms with Gasteiger partial charge in [0.25, 0.3) is 0 Å². The molecule has 2 nitrogen and oxygen atoms in total. The van der Waals surface area contributed by atoms with E-state index in [9.17, 15) is 0 Å². The predicted molar refractivity (Wildman–Crippen MR) is 179 cm³/mol. The molecule has 41 heavy (non-hydrogen) atoms. The molecule has 0 aliphatic rings. The molecule has 0 bridgehead atoms. The van der Waals surface area contributed by atoms with Crippen molar-refractivity contribution >= 4 is 64.4 Å². The van der Waals surface area contributed by atoms with Gasteiger partial charge in [-0.3, -0.25) is 0 Å². The Bertz CT molecular complexity index is 2160. The molecule has 8 aromatic rings. The lowest BCUT2D eigenvalue weighted by atomic mass is 9.93. The van der Waals surface area contributed by atoms with Crippen LogP contribution in [0.1, 0.15) is 0 Å². The Balaban J connectivity index is 1.26. The third kappa shape index (κ3) is 4.48. The summed E-state index contributed by atoms with van der Waals surface area (Å²) in [6.07, 6.45) is 0. The van der Waals surface area contributed by atoms with Crippen LogP contribution in [0.25, 0.3) is 63.2 Å². The van der Waals surface area contributed by atoms with Crippen LogP contribution in [0.5, 0.6) is 0 Å². The van der Waals surface area contributed by atoms with Gasteiger partial charge in [-0.15, -0.1) is 22.7 Å². The van der Waals surface area contributed by atoms with Crippen LogP contribution in [0.15, 0.2) is 140 Å². The van der Waals surface area contributed by atoms with Crippen molar-refractivity contribution < 1.29 is 0 Å². The number of rotatable bonds is 5. The molecule has 0 radical (unpaired) electrons. The summed E-state index contributed by atoms with van der Waals surface area (Å²) < 4.78 is 3.80. The Morgan fingerprint density at radius 1 is 0.439 bits per heavy atom. The molecule has 0 unspecified atom stereocenters. The molecule has 1 N–H and O–H groups in total. The van der Waals surface area contributed by atoms with E-state index in [1.54, 1.807) is 11.3 Å². The number of hydrogen-bond acceptors (Lipinski definition) is 4. The predicted octanol–water partition coefficient (Wildman–Crippen LogP) is 11.4. The van der Waals surface area contributed by atoms with Crippen LogP contribution in [-0.4, -0.2) is 4.98 Å². The minimum Gasteiger partial charge on any atom is -0.356 e. The second kappa shape index (κ2) is 10.0. The van der Waals surface area contributed by atoms with Crippen LogP contribution in [0.2, 0.25) is 0 Å². The molecule has 0 atom stereocenters. The second-order valence-electron chi connectivity index (χ2n) is 10.1. The summed E-state index contributed by atoms with van der Waals surface area (Å²) in [5, 5.41) is 7.23. The minimum absolute atomic E-state index is 1.07. The SMILES string of the molecule is c1ccc(Nc2ccc(-c3ccc4sc5cc6nc(-c7ccccc7)sc6cc5c4c3)c(-c3ccccc3)c2)cc1. The zero-order valence-corrected chi connectivity index (χ0v) is 23.7. The fourth-order valence-corrected chi connectivity index (χ4v) is 7.58. The largest absolute Gasteiger partial charge is 0.356 e.